The fourth-order valence-electron chi connectivity index (χ4n) is 4.24. The van der Waals surface area contributed by atoms with Crippen LogP contribution in [0.25, 0.3) is 11.2 Å². The van der Waals surface area contributed by atoms with Gasteiger partial charge in [0, 0.05) is 29.6 Å². The lowest BCUT2D eigenvalue weighted by atomic mass is 9.96. The smallest absolute Gasteiger partial charge is 0.281 e. The number of hydrogen-bond donors (Lipinski definition) is 1. The summed E-state index contributed by atoms with van der Waals surface area (Å²) in [4.78, 5) is 35.1. The molecule has 1 aliphatic rings. The molecule has 0 saturated carbocycles. The number of nitrogens with one attached hydrogen (secondary N) is 1. The lowest BCUT2D eigenvalue weighted by Crippen LogP contribution is -2.40. The van der Waals surface area contributed by atoms with Gasteiger partial charge < -0.3 is 9.88 Å². The largest absolute Gasteiger partial charge is 0.338 e. The van der Waals surface area contributed by atoms with Crippen molar-refractivity contribution in [1.29, 1.82) is 0 Å². The number of carbonyl (C=O) groups excluding carboxylic acids is 1. The lowest BCUT2D eigenvalue weighted by molar-refractivity contribution is 0.0704. The summed E-state index contributed by atoms with van der Waals surface area (Å²) in [5, 5.41) is 8.73. The molecule has 3 heterocycles. The number of aryl methyl sites for hydroxylation is 1. The first-order valence-corrected chi connectivity index (χ1v) is 11.3. The first-order valence-electron chi connectivity index (χ1n) is 10.9. The Kier molecular flexibility index (Phi) is 5.68. The quantitative estimate of drug-likeness (QED) is 0.500. The van der Waals surface area contributed by atoms with Gasteiger partial charge in [-0.1, -0.05) is 52.7 Å². The zero-order valence-corrected chi connectivity index (χ0v) is 18.9. The summed E-state index contributed by atoms with van der Waals surface area (Å²) in [6, 6.07) is 15.1. The molecule has 0 radical (unpaired) electrons. The second kappa shape index (κ2) is 8.78. The number of nitrogens with zero attached hydrogens (tertiary/aromatic N) is 5. The third-order valence-corrected chi connectivity index (χ3v) is 6.25. The molecule has 4 aromatic rings. The van der Waals surface area contributed by atoms with Gasteiger partial charge in [0.05, 0.1) is 6.54 Å². The summed E-state index contributed by atoms with van der Waals surface area (Å²) < 4.78 is 1.65. The van der Waals surface area contributed by atoms with Crippen LogP contribution in [0.4, 0.5) is 0 Å². The molecule has 8 nitrogen and oxygen atoms in total. The van der Waals surface area contributed by atoms with Crippen molar-refractivity contribution in [2.45, 2.75) is 32.2 Å². The molecule has 33 heavy (non-hydrogen) atoms. The summed E-state index contributed by atoms with van der Waals surface area (Å²) in [7, 11) is 0. The molecule has 0 spiro atoms. The number of aromatic nitrogens is 5. The highest BCUT2D eigenvalue weighted by Gasteiger charge is 2.28. The fourth-order valence-corrected chi connectivity index (χ4v) is 4.43. The highest BCUT2D eigenvalue weighted by atomic mass is 35.5. The number of hydrogen-bond acceptors (Lipinski definition) is 5. The van der Waals surface area contributed by atoms with Crippen LogP contribution in [0.15, 0.2) is 53.3 Å². The Bertz CT molecular complexity index is 1380. The Morgan fingerprint density at radius 2 is 2.03 bits per heavy atom. The molecule has 2 aromatic carbocycles. The molecule has 9 heteroatoms. The number of fused-ring (bicyclic) bond motifs is 1. The summed E-state index contributed by atoms with van der Waals surface area (Å²) in [6.07, 6.45) is 1.65. The van der Waals surface area contributed by atoms with E-state index >= 15 is 0 Å². The minimum atomic E-state index is -0.316. The molecule has 0 unspecified atom stereocenters. The molecule has 1 amide bonds. The van der Waals surface area contributed by atoms with Crippen molar-refractivity contribution in [2.75, 3.05) is 13.1 Å². The van der Waals surface area contributed by atoms with Gasteiger partial charge >= 0.3 is 0 Å². The Morgan fingerprint density at radius 1 is 1.21 bits per heavy atom. The number of carbonyl (C=O) groups is 1. The number of likely N-dealkylation sites (tertiary alicyclic amines) is 1. The van der Waals surface area contributed by atoms with Crippen LogP contribution in [0.2, 0.25) is 5.02 Å². The monoisotopic (exact) mass is 462 g/mol. The molecular formula is C24H23ClN6O2. The van der Waals surface area contributed by atoms with Crippen LogP contribution in [-0.2, 0) is 6.54 Å². The number of aromatic amines is 1. The predicted molar refractivity (Wildman–Crippen MR) is 126 cm³/mol. The minimum Gasteiger partial charge on any atom is -0.338 e. The maximum absolute atomic E-state index is 13.0. The van der Waals surface area contributed by atoms with Crippen LogP contribution in [0.3, 0.4) is 0 Å². The van der Waals surface area contributed by atoms with Gasteiger partial charge in [0.1, 0.15) is 5.82 Å². The molecule has 1 N–H and O–H groups in total. The number of amides is 1. The molecule has 0 bridgehead atoms. The third kappa shape index (κ3) is 4.39. The first-order chi connectivity index (χ1) is 16.0. The Morgan fingerprint density at radius 3 is 2.82 bits per heavy atom. The molecule has 5 rings (SSSR count). The van der Waals surface area contributed by atoms with Gasteiger partial charge in [-0.3, -0.25) is 9.59 Å². The number of benzene rings is 2. The third-order valence-electron chi connectivity index (χ3n) is 6.01. The Hall–Kier alpha value is -3.52. The SMILES string of the molecule is Cc1ccc(Cn2nnc3c(=O)[nH]c([C@H]4CCCN(C(=O)c5cccc(Cl)c5)C4)nc32)cc1. The van der Waals surface area contributed by atoms with Gasteiger partial charge in [-0.15, -0.1) is 5.10 Å². The van der Waals surface area contributed by atoms with E-state index in [9.17, 15) is 9.59 Å². The fraction of sp³-hybridized carbons (Fsp3) is 0.292. The highest BCUT2D eigenvalue weighted by Crippen LogP contribution is 2.26. The average Bonchev–Trinajstić information content (AvgIpc) is 3.23. The van der Waals surface area contributed by atoms with E-state index in [-0.39, 0.29) is 22.9 Å². The van der Waals surface area contributed by atoms with Crippen LogP contribution in [0.5, 0.6) is 0 Å². The highest BCUT2D eigenvalue weighted by molar-refractivity contribution is 6.30. The number of piperidine rings is 1. The minimum absolute atomic E-state index is 0.0725. The summed E-state index contributed by atoms with van der Waals surface area (Å²) in [6.45, 7) is 3.63. The maximum atomic E-state index is 13.0. The van der Waals surface area contributed by atoms with E-state index in [0.717, 1.165) is 18.4 Å². The molecule has 1 fully saturated rings. The molecule has 1 atom stereocenters. The lowest BCUT2D eigenvalue weighted by Gasteiger charge is -2.32. The Labute approximate surface area is 195 Å². The van der Waals surface area contributed by atoms with Gasteiger partial charge in [-0.05, 0) is 43.5 Å². The Balaban J connectivity index is 1.42. The van der Waals surface area contributed by atoms with Gasteiger partial charge in [0.2, 0.25) is 0 Å². The normalized spacial score (nSPS) is 16.3. The standard InChI is InChI=1S/C24H23ClN6O2/c1-15-7-9-16(10-8-15)13-31-22-20(28-29-31)23(32)27-21(26-22)18-5-3-11-30(14-18)24(33)17-4-2-6-19(25)12-17/h2,4,6-10,12,18H,3,5,11,13-14H2,1H3,(H,26,27,32)/t18-/m0/s1. The van der Waals surface area contributed by atoms with E-state index in [1.54, 1.807) is 33.8 Å². The average molecular weight is 463 g/mol. The summed E-state index contributed by atoms with van der Waals surface area (Å²) in [5.41, 5.74) is 3.13. The number of H-pyrrole nitrogens is 1. The zero-order valence-electron chi connectivity index (χ0n) is 18.2. The van der Waals surface area contributed by atoms with Gasteiger partial charge in [0.15, 0.2) is 11.2 Å². The molecule has 2 aromatic heterocycles. The van der Waals surface area contributed by atoms with E-state index < -0.39 is 0 Å². The second-order valence-corrected chi connectivity index (χ2v) is 8.89. The molecular weight excluding hydrogens is 440 g/mol. The van der Waals surface area contributed by atoms with Crippen molar-refractivity contribution < 1.29 is 4.79 Å². The van der Waals surface area contributed by atoms with Crippen LogP contribution in [0.1, 0.15) is 46.1 Å². The number of halogens is 1. The van der Waals surface area contributed by atoms with Crippen molar-refractivity contribution >= 4 is 28.7 Å². The van der Waals surface area contributed by atoms with Gasteiger partial charge in [0.25, 0.3) is 11.5 Å². The molecule has 1 saturated heterocycles. The summed E-state index contributed by atoms with van der Waals surface area (Å²) in [5.74, 6) is 0.405. The second-order valence-electron chi connectivity index (χ2n) is 8.46. The van der Waals surface area contributed by atoms with E-state index in [1.807, 2.05) is 31.2 Å². The topological polar surface area (TPSA) is 96.8 Å². The van der Waals surface area contributed by atoms with E-state index in [4.69, 9.17) is 16.6 Å². The van der Waals surface area contributed by atoms with Crippen molar-refractivity contribution in [1.82, 2.24) is 29.9 Å². The van der Waals surface area contributed by atoms with E-state index in [1.165, 1.54) is 5.56 Å². The van der Waals surface area contributed by atoms with Crippen molar-refractivity contribution in [3.63, 3.8) is 0 Å². The van der Waals surface area contributed by atoms with Crippen molar-refractivity contribution in [3.8, 4) is 0 Å². The van der Waals surface area contributed by atoms with E-state index in [0.29, 0.717) is 41.7 Å². The van der Waals surface area contributed by atoms with Crippen LogP contribution in [-0.4, -0.2) is 48.9 Å². The van der Waals surface area contributed by atoms with Gasteiger partial charge in [-0.2, -0.15) is 0 Å². The van der Waals surface area contributed by atoms with Crippen molar-refractivity contribution in [3.05, 3.63) is 86.4 Å². The first kappa shape index (κ1) is 21.3. The van der Waals surface area contributed by atoms with Gasteiger partial charge in [-0.25, -0.2) is 9.67 Å². The predicted octanol–water partition coefficient (Wildman–Crippen LogP) is 3.54. The summed E-state index contributed by atoms with van der Waals surface area (Å²) >= 11 is 6.06. The van der Waals surface area contributed by atoms with Crippen molar-refractivity contribution in [2.24, 2.45) is 0 Å². The zero-order chi connectivity index (χ0) is 22.9. The molecule has 1 aliphatic heterocycles. The van der Waals surface area contributed by atoms with Crippen LogP contribution in [0, 0.1) is 6.92 Å². The van der Waals surface area contributed by atoms with Crippen LogP contribution >= 0.6 is 11.6 Å². The number of rotatable bonds is 4. The molecule has 0 aliphatic carbocycles. The van der Waals surface area contributed by atoms with E-state index in [2.05, 4.69) is 15.3 Å². The maximum Gasteiger partial charge on any atom is 0.281 e. The molecule has 168 valence electrons. The van der Waals surface area contributed by atoms with Crippen LogP contribution < -0.4 is 5.56 Å².